The highest BCUT2D eigenvalue weighted by atomic mass is 16.7. The lowest BCUT2D eigenvalue weighted by Gasteiger charge is -2.05. The number of benzene rings is 2. The maximum absolute atomic E-state index is 12.1. The zero-order chi connectivity index (χ0) is 17.1. The van der Waals surface area contributed by atoms with Gasteiger partial charge in [0.1, 0.15) is 0 Å². The average Bonchev–Trinajstić information content (AvgIpc) is 3.32. The van der Waals surface area contributed by atoms with Gasteiger partial charge in [-0.25, -0.2) is 4.68 Å². The minimum absolute atomic E-state index is 0.204. The van der Waals surface area contributed by atoms with Crippen molar-refractivity contribution in [3.05, 3.63) is 72.6 Å². The van der Waals surface area contributed by atoms with Gasteiger partial charge in [-0.1, -0.05) is 6.07 Å². The molecule has 25 heavy (non-hydrogen) atoms. The first-order chi connectivity index (χ1) is 12.3. The van der Waals surface area contributed by atoms with E-state index in [1.54, 1.807) is 17.0 Å². The molecule has 1 aliphatic heterocycles. The Labute approximate surface area is 144 Å². The summed E-state index contributed by atoms with van der Waals surface area (Å²) in [4.78, 5) is 12.1. The zero-order valence-corrected chi connectivity index (χ0v) is 13.3. The number of fused-ring (bicyclic) bond motifs is 1. The first-order valence-corrected chi connectivity index (χ1v) is 7.77. The highest BCUT2D eigenvalue weighted by Gasteiger charge is 2.12. The molecule has 0 unspecified atom stereocenters. The predicted octanol–water partition coefficient (Wildman–Crippen LogP) is 3.25. The van der Waals surface area contributed by atoms with E-state index in [4.69, 9.17) is 9.47 Å². The van der Waals surface area contributed by atoms with Crippen LogP contribution in [-0.4, -0.2) is 22.5 Å². The lowest BCUT2D eigenvalue weighted by atomic mass is 10.2. The van der Waals surface area contributed by atoms with Crippen LogP contribution in [0.2, 0.25) is 0 Å². The van der Waals surface area contributed by atoms with Gasteiger partial charge in [0.2, 0.25) is 12.7 Å². The second kappa shape index (κ2) is 6.52. The van der Waals surface area contributed by atoms with Crippen LogP contribution in [0, 0.1) is 0 Å². The van der Waals surface area contributed by atoms with Crippen molar-refractivity contribution in [2.24, 2.45) is 0 Å². The van der Waals surface area contributed by atoms with Crippen molar-refractivity contribution in [1.29, 1.82) is 0 Å². The number of hydrogen-bond acceptors (Lipinski definition) is 4. The van der Waals surface area contributed by atoms with Crippen LogP contribution < -0.4 is 14.8 Å². The van der Waals surface area contributed by atoms with Crippen molar-refractivity contribution < 1.29 is 14.3 Å². The van der Waals surface area contributed by atoms with E-state index in [-0.39, 0.29) is 12.7 Å². The fourth-order valence-corrected chi connectivity index (χ4v) is 2.49. The van der Waals surface area contributed by atoms with E-state index in [1.807, 2.05) is 54.7 Å². The second-order valence-electron chi connectivity index (χ2n) is 5.43. The molecule has 3 aromatic rings. The van der Waals surface area contributed by atoms with Crippen molar-refractivity contribution in [3.8, 4) is 17.2 Å². The fourth-order valence-electron chi connectivity index (χ4n) is 2.49. The summed E-state index contributed by atoms with van der Waals surface area (Å²) in [6.07, 6.45) is 6.80. The van der Waals surface area contributed by atoms with E-state index in [9.17, 15) is 4.79 Å². The van der Waals surface area contributed by atoms with E-state index in [1.165, 1.54) is 6.08 Å². The van der Waals surface area contributed by atoms with E-state index in [2.05, 4.69) is 10.4 Å². The quantitative estimate of drug-likeness (QED) is 0.744. The fraction of sp³-hybridized carbons (Fsp3) is 0.0526. The van der Waals surface area contributed by atoms with Crippen LogP contribution in [-0.2, 0) is 4.79 Å². The van der Waals surface area contributed by atoms with Gasteiger partial charge in [-0.05, 0) is 54.1 Å². The topological polar surface area (TPSA) is 65.4 Å². The Balaban J connectivity index is 1.40. The number of nitrogens with one attached hydrogen (secondary N) is 1. The molecule has 1 amide bonds. The molecular formula is C19H15N3O3. The minimum atomic E-state index is -0.204. The standard InChI is InChI=1S/C19H15N3O3/c23-19(9-3-14-2-8-17-18(12-14)25-13-24-17)21-15-4-6-16(7-5-15)22-11-1-10-20-22/h1-12H,13H2,(H,21,23)/b9-3-. The van der Waals surface area contributed by atoms with Gasteiger partial charge in [0.25, 0.3) is 0 Å². The Hall–Kier alpha value is -3.54. The number of hydrogen-bond donors (Lipinski definition) is 1. The average molecular weight is 333 g/mol. The molecule has 0 bridgehead atoms. The van der Waals surface area contributed by atoms with Crippen molar-refractivity contribution in [2.45, 2.75) is 0 Å². The van der Waals surface area contributed by atoms with Crippen LogP contribution in [0.4, 0.5) is 5.69 Å². The summed E-state index contributed by atoms with van der Waals surface area (Å²) in [6, 6.07) is 14.9. The molecule has 0 aliphatic carbocycles. The van der Waals surface area contributed by atoms with Gasteiger partial charge in [0, 0.05) is 24.2 Å². The molecule has 6 nitrogen and oxygen atoms in total. The summed E-state index contributed by atoms with van der Waals surface area (Å²) in [6.45, 7) is 0.234. The highest BCUT2D eigenvalue weighted by molar-refractivity contribution is 6.02. The Morgan fingerprint density at radius 3 is 2.76 bits per heavy atom. The minimum Gasteiger partial charge on any atom is -0.454 e. The normalized spacial score (nSPS) is 12.5. The van der Waals surface area contributed by atoms with Crippen LogP contribution >= 0.6 is 0 Å². The molecule has 1 aromatic heterocycles. The monoisotopic (exact) mass is 333 g/mol. The predicted molar refractivity (Wildman–Crippen MR) is 93.8 cm³/mol. The lowest BCUT2D eigenvalue weighted by Crippen LogP contribution is -2.07. The second-order valence-corrected chi connectivity index (χ2v) is 5.43. The van der Waals surface area contributed by atoms with Gasteiger partial charge in [0.05, 0.1) is 5.69 Å². The highest BCUT2D eigenvalue weighted by Crippen LogP contribution is 2.32. The third kappa shape index (κ3) is 3.37. The molecule has 2 aromatic carbocycles. The summed E-state index contributed by atoms with van der Waals surface area (Å²) >= 11 is 0. The van der Waals surface area contributed by atoms with Gasteiger partial charge in [-0.15, -0.1) is 0 Å². The maximum atomic E-state index is 12.1. The number of carbonyl (C=O) groups is 1. The third-order valence-corrected chi connectivity index (χ3v) is 3.73. The number of ether oxygens (including phenoxy) is 2. The number of aromatic nitrogens is 2. The van der Waals surface area contributed by atoms with Crippen LogP contribution in [0.1, 0.15) is 5.56 Å². The molecule has 124 valence electrons. The summed E-state index contributed by atoms with van der Waals surface area (Å²) in [7, 11) is 0. The van der Waals surface area contributed by atoms with Gasteiger partial charge in [0.15, 0.2) is 11.5 Å². The molecule has 4 rings (SSSR count). The number of nitrogens with zero attached hydrogens (tertiary/aromatic N) is 2. The van der Waals surface area contributed by atoms with E-state index < -0.39 is 0 Å². The molecule has 0 saturated heterocycles. The number of carbonyl (C=O) groups excluding carboxylic acids is 1. The van der Waals surface area contributed by atoms with Crippen molar-refractivity contribution in [2.75, 3.05) is 12.1 Å². The Kier molecular flexibility index (Phi) is 3.92. The molecule has 0 radical (unpaired) electrons. The Morgan fingerprint density at radius 1 is 1.12 bits per heavy atom. The maximum Gasteiger partial charge on any atom is 0.248 e. The molecule has 6 heteroatoms. The van der Waals surface area contributed by atoms with Gasteiger partial charge in [-0.3, -0.25) is 4.79 Å². The summed E-state index contributed by atoms with van der Waals surface area (Å²) in [5.74, 6) is 1.21. The molecule has 1 N–H and O–H groups in total. The molecule has 0 fully saturated rings. The Bertz CT molecular complexity index is 916. The van der Waals surface area contributed by atoms with E-state index >= 15 is 0 Å². The van der Waals surface area contributed by atoms with Crippen molar-refractivity contribution in [1.82, 2.24) is 9.78 Å². The van der Waals surface area contributed by atoms with E-state index in [0.717, 1.165) is 22.7 Å². The van der Waals surface area contributed by atoms with Crippen LogP contribution in [0.3, 0.4) is 0 Å². The number of rotatable bonds is 4. The molecule has 2 heterocycles. The molecular weight excluding hydrogens is 318 g/mol. The van der Waals surface area contributed by atoms with Gasteiger partial charge >= 0.3 is 0 Å². The first-order valence-electron chi connectivity index (χ1n) is 7.77. The van der Waals surface area contributed by atoms with Gasteiger partial charge in [-0.2, -0.15) is 5.10 Å². The zero-order valence-electron chi connectivity index (χ0n) is 13.3. The van der Waals surface area contributed by atoms with Crippen molar-refractivity contribution in [3.63, 3.8) is 0 Å². The summed E-state index contributed by atoms with van der Waals surface area (Å²) in [5.41, 5.74) is 2.52. The summed E-state index contributed by atoms with van der Waals surface area (Å²) < 4.78 is 12.3. The van der Waals surface area contributed by atoms with E-state index in [0.29, 0.717) is 5.75 Å². The Morgan fingerprint density at radius 2 is 1.96 bits per heavy atom. The SMILES string of the molecule is O=C(/C=C\c1ccc2c(c1)OCO2)Nc1ccc(-n2cccn2)cc1. The largest absolute Gasteiger partial charge is 0.454 e. The summed E-state index contributed by atoms with van der Waals surface area (Å²) in [5, 5.41) is 6.99. The lowest BCUT2D eigenvalue weighted by molar-refractivity contribution is -0.111. The molecule has 0 saturated carbocycles. The third-order valence-electron chi connectivity index (χ3n) is 3.73. The molecule has 0 atom stereocenters. The van der Waals surface area contributed by atoms with Crippen LogP contribution in [0.25, 0.3) is 11.8 Å². The smallest absolute Gasteiger partial charge is 0.248 e. The number of amides is 1. The molecule has 0 spiro atoms. The molecule has 1 aliphatic rings. The first kappa shape index (κ1) is 15.0. The van der Waals surface area contributed by atoms with Crippen LogP contribution in [0.15, 0.2) is 67.0 Å². The van der Waals surface area contributed by atoms with Crippen LogP contribution in [0.5, 0.6) is 11.5 Å². The number of anilines is 1. The van der Waals surface area contributed by atoms with Crippen molar-refractivity contribution >= 4 is 17.7 Å². The van der Waals surface area contributed by atoms with Gasteiger partial charge < -0.3 is 14.8 Å².